The molecule has 0 atom stereocenters. The molecule has 1 saturated heterocycles. The SMILES string of the molecule is O=C(c1ccc(Br)o1)N1CCC(OCCO)CC1. The fraction of sp³-hybridized carbons (Fsp3) is 0.583. The molecule has 5 nitrogen and oxygen atoms in total. The van der Waals surface area contributed by atoms with Gasteiger partial charge in [0, 0.05) is 13.1 Å². The average molecular weight is 318 g/mol. The van der Waals surface area contributed by atoms with Gasteiger partial charge in [0.1, 0.15) is 0 Å². The van der Waals surface area contributed by atoms with Crippen molar-refractivity contribution >= 4 is 21.8 Å². The van der Waals surface area contributed by atoms with Crippen LogP contribution in [0.5, 0.6) is 0 Å². The van der Waals surface area contributed by atoms with Crippen molar-refractivity contribution < 1.29 is 19.1 Å². The lowest BCUT2D eigenvalue weighted by molar-refractivity contribution is -0.00610. The van der Waals surface area contributed by atoms with Crippen molar-refractivity contribution in [2.45, 2.75) is 18.9 Å². The van der Waals surface area contributed by atoms with E-state index < -0.39 is 0 Å². The molecule has 0 saturated carbocycles. The third-order valence-electron chi connectivity index (χ3n) is 2.96. The van der Waals surface area contributed by atoms with Crippen LogP contribution in [-0.2, 0) is 4.74 Å². The highest BCUT2D eigenvalue weighted by Gasteiger charge is 2.25. The Hall–Kier alpha value is -0.850. The summed E-state index contributed by atoms with van der Waals surface area (Å²) in [6, 6.07) is 3.38. The van der Waals surface area contributed by atoms with Crippen LogP contribution in [0.4, 0.5) is 0 Å². The van der Waals surface area contributed by atoms with Crippen LogP contribution in [0.2, 0.25) is 0 Å². The highest BCUT2D eigenvalue weighted by Crippen LogP contribution is 2.19. The Balaban J connectivity index is 1.84. The Morgan fingerprint density at radius 3 is 2.78 bits per heavy atom. The van der Waals surface area contributed by atoms with Gasteiger partial charge in [-0.15, -0.1) is 0 Å². The molecule has 6 heteroatoms. The lowest BCUT2D eigenvalue weighted by Gasteiger charge is -2.31. The maximum absolute atomic E-state index is 12.1. The van der Waals surface area contributed by atoms with E-state index in [9.17, 15) is 4.79 Å². The maximum atomic E-state index is 12.1. The van der Waals surface area contributed by atoms with Crippen LogP contribution < -0.4 is 0 Å². The predicted octanol–water partition coefficient (Wildman–Crippen LogP) is 1.66. The highest BCUT2D eigenvalue weighted by molar-refractivity contribution is 9.10. The van der Waals surface area contributed by atoms with Crippen molar-refractivity contribution in [1.82, 2.24) is 4.90 Å². The molecule has 100 valence electrons. The van der Waals surface area contributed by atoms with Crippen molar-refractivity contribution in [2.24, 2.45) is 0 Å². The van der Waals surface area contributed by atoms with Gasteiger partial charge in [-0.2, -0.15) is 0 Å². The van der Waals surface area contributed by atoms with Crippen molar-refractivity contribution in [2.75, 3.05) is 26.3 Å². The number of aliphatic hydroxyl groups excluding tert-OH is 1. The summed E-state index contributed by atoms with van der Waals surface area (Å²) in [6.45, 7) is 1.73. The third kappa shape index (κ3) is 3.34. The van der Waals surface area contributed by atoms with Crippen LogP contribution in [0.15, 0.2) is 21.2 Å². The maximum Gasteiger partial charge on any atom is 0.289 e. The minimum Gasteiger partial charge on any atom is -0.444 e. The van der Waals surface area contributed by atoms with Gasteiger partial charge in [-0.25, -0.2) is 0 Å². The minimum absolute atomic E-state index is 0.0412. The van der Waals surface area contributed by atoms with Gasteiger partial charge < -0.3 is 19.2 Å². The lowest BCUT2D eigenvalue weighted by atomic mass is 10.1. The number of hydrogen-bond acceptors (Lipinski definition) is 4. The van der Waals surface area contributed by atoms with E-state index in [2.05, 4.69) is 15.9 Å². The van der Waals surface area contributed by atoms with E-state index in [4.69, 9.17) is 14.3 Å². The molecular formula is C12H16BrNO4. The largest absolute Gasteiger partial charge is 0.444 e. The first kappa shape index (κ1) is 13.6. The standard InChI is InChI=1S/C12H16BrNO4/c13-11-2-1-10(18-11)12(16)14-5-3-9(4-6-14)17-8-7-15/h1-2,9,15H,3-8H2. The van der Waals surface area contributed by atoms with E-state index in [1.54, 1.807) is 17.0 Å². The lowest BCUT2D eigenvalue weighted by Crippen LogP contribution is -2.41. The Bertz CT molecular complexity index is 399. The molecule has 1 N–H and O–H groups in total. The number of hydrogen-bond donors (Lipinski definition) is 1. The average Bonchev–Trinajstić information content (AvgIpc) is 2.83. The number of ether oxygens (including phenoxy) is 1. The van der Waals surface area contributed by atoms with Crippen LogP contribution in [-0.4, -0.2) is 48.3 Å². The summed E-state index contributed by atoms with van der Waals surface area (Å²) in [6.07, 6.45) is 1.74. The monoisotopic (exact) mass is 317 g/mol. The number of carbonyl (C=O) groups excluding carboxylic acids is 1. The van der Waals surface area contributed by atoms with Crippen LogP contribution in [0, 0.1) is 0 Å². The van der Waals surface area contributed by atoms with Gasteiger partial charge in [0.05, 0.1) is 19.3 Å². The molecular weight excluding hydrogens is 302 g/mol. The highest BCUT2D eigenvalue weighted by atomic mass is 79.9. The van der Waals surface area contributed by atoms with Gasteiger partial charge in [-0.1, -0.05) is 0 Å². The number of nitrogens with zero attached hydrogens (tertiary/aromatic N) is 1. The quantitative estimate of drug-likeness (QED) is 0.917. The first-order valence-electron chi connectivity index (χ1n) is 5.98. The number of carbonyl (C=O) groups is 1. The smallest absolute Gasteiger partial charge is 0.289 e. The molecule has 2 heterocycles. The first-order chi connectivity index (χ1) is 8.70. The summed E-state index contributed by atoms with van der Waals surface area (Å²) < 4.78 is 11.3. The Morgan fingerprint density at radius 2 is 2.22 bits per heavy atom. The Labute approximate surface area is 114 Å². The number of amides is 1. The normalized spacial score (nSPS) is 17.1. The molecule has 1 amide bonds. The predicted molar refractivity (Wildman–Crippen MR) is 68.4 cm³/mol. The van der Waals surface area contributed by atoms with Gasteiger partial charge in [0.25, 0.3) is 5.91 Å². The number of piperidine rings is 1. The molecule has 1 aliphatic rings. The summed E-state index contributed by atoms with van der Waals surface area (Å²) in [5, 5.41) is 8.68. The summed E-state index contributed by atoms with van der Waals surface area (Å²) in [7, 11) is 0. The summed E-state index contributed by atoms with van der Waals surface area (Å²) in [5.74, 6) is 0.276. The van der Waals surface area contributed by atoms with Gasteiger partial charge in [0.15, 0.2) is 10.4 Å². The molecule has 1 fully saturated rings. The fourth-order valence-corrected chi connectivity index (χ4v) is 2.34. The van der Waals surface area contributed by atoms with E-state index in [-0.39, 0.29) is 18.6 Å². The number of likely N-dealkylation sites (tertiary alicyclic amines) is 1. The van der Waals surface area contributed by atoms with E-state index >= 15 is 0 Å². The molecule has 0 unspecified atom stereocenters. The zero-order valence-electron chi connectivity index (χ0n) is 9.97. The van der Waals surface area contributed by atoms with E-state index in [0.29, 0.717) is 30.1 Å². The van der Waals surface area contributed by atoms with E-state index in [0.717, 1.165) is 12.8 Å². The fourth-order valence-electron chi connectivity index (χ4n) is 2.03. The second-order valence-electron chi connectivity index (χ2n) is 4.19. The molecule has 1 aliphatic heterocycles. The molecule has 1 aromatic heterocycles. The van der Waals surface area contributed by atoms with Crippen molar-refractivity contribution in [1.29, 1.82) is 0 Å². The second-order valence-corrected chi connectivity index (χ2v) is 4.97. The van der Waals surface area contributed by atoms with Crippen LogP contribution >= 0.6 is 15.9 Å². The molecule has 0 bridgehead atoms. The summed E-state index contributed by atoms with van der Waals surface area (Å²) in [4.78, 5) is 13.8. The van der Waals surface area contributed by atoms with Crippen LogP contribution in [0.25, 0.3) is 0 Å². The van der Waals surface area contributed by atoms with Crippen molar-refractivity contribution in [3.63, 3.8) is 0 Å². The number of halogens is 1. The third-order valence-corrected chi connectivity index (χ3v) is 3.38. The van der Waals surface area contributed by atoms with E-state index in [1.807, 2.05) is 0 Å². The minimum atomic E-state index is -0.0821. The summed E-state index contributed by atoms with van der Waals surface area (Å²) >= 11 is 3.18. The van der Waals surface area contributed by atoms with Crippen molar-refractivity contribution in [3.8, 4) is 0 Å². The van der Waals surface area contributed by atoms with Gasteiger partial charge in [-0.05, 0) is 40.9 Å². The molecule has 2 rings (SSSR count). The van der Waals surface area contributed by atoms with Gasteiger partial charge >= 0.3 is 0 Å². The molecule has 0 spiro atoms. The molecule has 0 aromatic carbocycles. The Morgan fingerprint density at radius 1 is 1.50 bits per heavy atom. The second kappa shape index (κ2) is 6.36. The number of aliphatic hydroxyl groups is 1. The van der Waals surface area contributed by atoms with Gasteiger partial charge in [-0.3, -0.25) is 4.79 Å². The number of rotatable bonds is 4. The van der Waals surface area contributed by atoms with E-state index in [1.165, 1.54) is 0 Å². The first-order valence-corrected chi connectivity index (χ1v) is 6.77. The van der Waals surface area contributed by atoms with Crippen LogP contribution in [0.3, 0.4) is 0 Å². The zero-order chi connectivity index (χ0) is 13.0. The number of furan rings is 1. The molecule has 0 aliphatic carbocycles. The molecule has 1 aromatic rings. The zero-order valence-corrected chi connectivity index (χ0v) is 11.6. The molecule has 0 radical (unpaired) electrons. The molecule has 18 heavy (non-hydrogen) atoms. The Kier molecular flexibility index (Phi) is 4.79. The van der Waals surface area contributed by atoms with Crippen LogP contribution in [0.1, 0.15) is 23.4 Å². The topological polar surface area (TPSA) is 62.9 Å². The van der Waals surface area contributed by atoms with Gasteiger partial charge in [0.2, 0.25) is 0 Å². The summed E-state index contributed by atoms with van der Waals surface area (Å²) in [5.41, 5.74) is 0. The van der Waals surface area contributed by atoms with Crippen molar-refractivity contribution in [3.05, 3.63) is 22.6 Å².